The lowest BCUT2D eigenvalue weighted by atomic mass is 10.0. The van der Waals surface area contributed by atoms with Crippen molar-refractivity contribution in [3.63, 3.8) is 0 Å². The number of carbonyl (C=O) groups excluding carboxylic acids is 2. The van der Waals surface area contributed by atoms with Crippen LogP contribution in [0.1, 0.15) is 231 Å². The van der Waals surface area contributed by atoms with Crippen molar-refractivity contribution in [1.82, 2.24) is 20.2 Å². The summed E-state index contributed by atoms with van der Waals surface area (Å²) in [5, 5.41) is 6.24. The van der Waals surface area contributed by atoms with Gasteiger partial charge in [0, 0.05) is 69.2 Å². The van der Waals surface area contributed by atoms with Crippen molar-refractivity contribution in [2.45, 2.75) is 232 Å². The summed E-state index contributed by atoms with van der Waals surface area (Å²) in [5.41, 5.74) is 15.2. The molecule has 1 fully saturated rings. The second-order valence-corrected chi connectivity index (χ2v) is 21.0. The van der Waals surface area contributed by atoms with Gasteiger partial charge in [0.2, 0.25) is 11.9 Å². The number of amides is 2. The summed E-state index contributed by atoms with van der Waals surface area (Å²) >= 11 is 0. The van der Waals surface area contributed by atoms with Crippen LogP contribution >= 0.6 is 0 Å². The minimum absolute atomic E-state index is 0.0475. The third kappa shape index (κ3) is 31.6. The number of allylic oxidation sites excluding steroid dienone is 8. The first-order valence-corrected chi connectivity index (χ1v) is 30.7. The van der Waals surface area contributed by atoms with Gasteiger partial charge < -0.3 is 41.4 Å². The van der Waals surface area contributed by atoms with Crippen LogP contribution < -0.4 is 31.7 Å². The molecule has 2 heterocycles. The third-order valence-electron chi connectivity index (χ3n) is 14.4. The monoisotopic (exact) mass is 1070 g/mol. The highest BCUT2D eigenvalue weighted by molar-refractivity contribution is 5.89. The minimum atomic E-state index is -0.322. The molecule has 1 aromatic carbocycles. The molecule has 0 spiro atoms. The zero-order valence-corrected chi connectivity index (χ0v) is 48.9. The lowest BCUT2D eigenvalue weighted by Crippen LogP contribution is -2.48. The number of rotatable bonds is 45. The van der Waals surface area contributed by atoms with Crippen molar-refractivity contribution >= 4 is 41.4 Å². The van der Waals surface area contributed by atoms with Gasteiger partial charge in [0.15, 0.2) is 5.82 Å². The molecular weight excluding hydrogens is 959 g/mol. The standard InChI is InChI=1S/C64H107N9O4/c1-5-8-11-13-15-17-19-21-23-25-27-29-31-33-35-37-41-57(42-38-36-34-32-30-28-26-24-22-20-18-16-14-12-9-6-2)77-64(75)69-47-40-39-43-60(74)73-50-48-72(49-51-73)56-45-44-55(59(52-56)76-4)53-67-54-58-61(65)62(68-46-10-7-3)71-63(66)70-58/h15-18,21-24,44-45,52,54,57H,5-14,19-20,25-43,46-51,53,65H2,1-4H3,(H,69,75)(H3,66,68,70,71)/b17-15-,18-16-,23-21-,24-22-,67-54?. The van der Waals surface area contributed by atoms with Gasteiger partial charge in [0.25, 0.3) is 0 Å². The molecule has 6 N–H and O–H groups in total. The van der Waals surface area contributed by atoms with E-state index in [1.54, 1.807) is 13.3 Å². The van der Waals surface area contributed by atoms with Gasteiger partial charge in [-0.05, 0) is 115 Å². The van der Waals surface area contributed by atoms with Gasteiger partial charge in [-0.1, -0.05) is 159 Å². The van der Waals surface area contributed by atoms with E-state index in [-0.39, 0.29) is 24.1 Å². The van der Waals surface area contributed by atoms with Crippen molar-refractivity contribution in [2.75, 3.05) is 68.1 Å². The van der Waals surface area contributed by atoms with E-state index in [4.69, 9.17) is 20.9 Å². The van der Waals surface area contributed by atoms with Crippen molar-refractivity contribution < 1.29 is 19.1 Å². The quantitative estimate of drug-likeness (QED) is 0.0284. The Morgan fingerprint density at radius 2 is 1.19 bits per heavy atom. The van der Waals surface area contributed by atoms with E-state index < -0.39 is 0 Å². The van der Waals surface area contributed by atoms with E-state index in [0.29, 0.717) is 49.8 Å². The smallest absolute Gasteiger partial charge is 0.407 e. The summed E-state index contributed by atoms with van der Waals surface area (Å²) in [5.74, 6) is 1.56. The molecule has 2 aromatic rings. The van der Waals surface area contributed by atoms with E-state index in [1.165, 1.54) is 128 Å². The van der Waals surface area contributed by atoms with Crippen molar-refractivity contribution in [2.24, 2.45) is 4.99 Å². The summed E-state index contributed by atoms with van der Waals surface area (Å²) in [6.45, 7) is 11.0. The first kappa shape index (κ1) is 66.0. The largest absolute Gasteiger partial charge is 0.496 e. The summed E-state index contributed by atoms with van der Waals surface area (Å²) in [6.07, 6.45) is 55.0. The van der Waals surface area contributed by atoms with Gasteiger partial charge in [-0.15, -0.1) is 0 Å². The van der Waals surface area contributed by atoms with E-state index in [0.717, 1.165) is 101 Å². The van der Waals surface area contributed by atoms with Crippen LogP contribution in [0.4, 0.5) is 27.9 Å². The zero-order chi connectivity index (χ0) is 55.2. The number of ether oxygens (including phenoxy) is 2. The molecule has 13 nitrogen and oxygen atoms in total. The number of nitrogens with zero attached hydrogens (tertiary/aromatic N) is 5. The number of benzene rings is 1. The maximum atomic E-state index is 13.3. The van der Waals surface area contributed by atoms with Gasteiger partial charge >= 0.3 is 6.09 Å². The molecule has 0 unspecified atom stereocenters. The molecule has 0 bridgehead atoms. The van der Waals surface area contributed by atoms with Crippen molar-refractivity contribution in [1.29, 1.82) is 0 Å². The molecule has 0 aliphatic carbocycles. The number of nitrogens with one attached hydrogen (secondary N) is 2. The van der Waals surface area contributed by atoms with Gasteiger partial charge in [-0.3, -0.25) is 9.79 Å². The van der Waals surface area contributed by atoms with Crippen molar-refractivity contribution in [3.05, 3.63) is 78.1 Å². The summed E-state index contributed by atoms with van der Waals surface area (Å²) < 4.78 is 11.8. The maximum Gasteiger partial charge on any atom is 0.407 e. The number of aromatic nitrogens is 2. The Kier molecular flexibility index (Phi) is 38.2. The number of hydrogen-bond donors (Lipinski definition) is 4. The van der Waals surface area contributed by atoms with E-state index in [9.17, 15) is 9.59 Å². The highest BCUT2D eigenvalue weighted by atomic mass is 16.6. The molecule has 3 rings (SSSR count). The van der Waals surface area contributed by atoms with Crippen LogP contribution in [0.25, 0.3) is 0 Å². The number of aliphatic imine (C=N–C) groups is 1. The first-order valence-electron chi connectivity index (χ1n) is 30.7. The molecule has 0 atom stereocenters. The van der Waals surface area contributed by atoms with Gasteiger partial charge in [-0.25, -0.2) is 9.78 Å². The van der Waals surface area contributed by atoms with Crippen LogP contribution in [-0.2, 0) is 16.1 Å². The van der Waals surface area contributed by atoms with Crippen LogP contribution in [-0.4, -0.2) is 85.6 Å². The number of nitrogens with two attached hydrogens (primary N) is 2. The van der Waals surface area contributed by atoms with Crippen molar-refractivity contribution in [3.8, 4) is 5.75 Å². The molecule has 1 saturated heterocycles. The van der Waals surface area contributed by atoms with Gasteiger partial charge in [0.1, 0.15) is 23.2 Å². The highest BCUT2D eigenvalue weighted by Gasteiger charge is 2.22. The Labute approximate surface area is 468 Å². The number of anilines is 4. The van der Waals surface area contributed by atoms with Crippen LogP contribution in [0.2, 0.25) is 0 Å². The average Bonchev–Trinajstić information content (AvgIpc) is 3.43. The fourth-order valence-corrected chi connectivity index (χ4v) is 9.55. The summed E-state index contributed by atoms with van der Waals surface area (Å²) in [4.78, 5) is 43.7. The predicted molar refractivity (Wildman–Crippen MR) is 327 cm³/mol. The molecule has 77 heavy (non-hydrogen) atoms. The molecule has 13 heteroatoms. The zero-order valence-electron chi connectivity index (χ0n) is 48.9. The fraction of sp³-hybridized carbons (Fsp3) is 0.672. The van der Waals surface area contributed by atoms with Gasteiger partial charge in [-0.2, -0.15) is 4.98 Å². The molecule has 1 aromatic heterocycles. The predicted octanol–water partition coefficient (Wildman–Crippen LogP) is 15.8. The summed E-state index contributed by atoms with van der Waals surface area (Å²) in [7, 11) is 1.66. The second kappa shape index (κ2) is 44.6. The molecule has 0 radical (unpaired) electrons. The Hall–Kier alpha value is -5.33. The SMILES string of the molecule is CCCCC/C=C\C/C=C\CCCCCCCCC(CCCCCCCC/C=C\C/C=C\CCCCC)OC(=O)NCCCCC(=O)N1CCN(c2ccc(CN=Cc3nc(N)nc(NCCCC)c3N)c(OC)c2)CC1. The fourth-order valence-electron chi connectivity index (χ4n) is 9.55. The topological polar surface area (TPSA) is 173 Å². The molecule has 2 amide bonds. The van der Waals surface area contributed by atoms with Crippen LogP contribution in [0, 0.1) is 0 Å². The molecular formula is C64H107N9O4. The maximum absolute atomic E-state index is 13.3. The lowest BCUT2D eigenvalue weighted by molar-refractivity contribution is -0.131. The Bertz CT molecular complexity index is 1950. The highest BCUT2D eigenvalue weighted by Crippen LogP contribution is 2.28. The first-order chi connectivity index (χ1) is 37.8. The van der Waals surface area contributed by atoms with Crippen LogP contribution in [0.3, 0.4) is 0 Å². The molecule has 432 valence electrons. The number of carbonyl (C=O) groups is 2. The number of methoxy groups -OCH3 is 1. The number of unbranched alkanes of at least 4 members (excludes halogenated alkanes) is 20. The number of piperazine rings is 1. The van der Waals surface area contributed by atoms with E-state index in [1.807, 2.05) is 17.0 Å². The normalized spacial score (nSPS) is 13.2. The van der Waals surface area contributed by atoms with Crippen LogP contribution in [0.5, 0.6) is 5.75 Å². The Morgan fingerprint density at radius 3 is 1.75 bits per heavy atom. The Balaban J connectivity index is 1.34. The van der Waals surface area contributed by atoms with Gasteiger partial charge in [0.05, 0.1) is 13.7 Å². The molecule has 1 aliphatic rings. The molecule has 0 saturated carbocycles. The Morgan fingerprint density at radius 1 is 0.649 bits per heavy atom. The van der Waals surface area contributed by atoms with E-state index >= 15 is 0 Å². The number of alkyl carbamates (subject to hydrolysis) is 1. The number of hydrogen-bond acceptors (Lipinski definition) is 11. The summed E-state index contributed by atoms with van der Waals surface area (Å²) in [6, 6.07) is 6.14. The van der Waals surface area contributed by atoms with Crippen LogP contribution in [0.15, 0.2) is 71.8 Å². The second-order valence-electron chi connectivity index (χ2n) is 21.0. The lowest BCUT2D eigenvalue weighted by Gasteiger charge is -2.36. The third-order valence-corrected chi connectivity index (χ3v) is 14.4. The average molecular weight is 1070 g/mol. The number of nitrogen functional groups attached to an aromatic ring is 2. The molecule has 1 aliphatic heterocycles. The van der Waals surface area contributed by atoms with E-state index in [2.05, 4.69) is 106 Å². The minimum Gasteiger partial charge on any atom is -0.496 e.